The van der Waals surface area contributed by atoms with E-state index in [1.165, 1.54) is 5.56 Å². The van der Waals surface area contributed by atoms with Crippen LogP contribution in [-0.2, 0) is 10.5 Å². The van der Waals surface area contributed by atoms with Crippen molar-refractivity contribution in [2.75, 3.05) is 19.4 Å². The quantitative estimate of drug-likeness (QED) is 0.601. The highest BCUT2D eigenvalue weighted by atomic mass is 35.5. The smallest absolute Gasteiger partial charge is 0.261 e. The standard InChI is InChI=1S/C20H24ClNO3S/c1-3-19(25-18-10-8-17(24-2)9-11-18)20(23)22-12-13-26-14-15-4-6-16(21)7-5-15/h4-11,19H,3,12-14H2,1-2H3,(H,22,23)/t19-/m0/s1. The summed E-state index contributed by atoms with van der Waals surface area (Å²) in [5.41, 5.74) is 1.22. The van der Waals surface area contributed by atoms with E-state index < -0.39 is 6.10 Å². The van der Waals surface area contributed by atoms with Crippen molar-refractivity contribution in [3.8, 4) is 11.5 Å². The molecule has 0 heterocycles. The van der Waals surface area contributed by atoms with Crippen molar-refractivity contribution in [1.82, 2.24) is 5.32 Å². The molecule has 0 spiro atoms. The van der Waals surface area contributed by atoms with Crippen LogP contribution < -0.4 is 14.8 Å². The first-order chi connectivity index (χ1) is 12.6. The van der Waals surface area contributed by atoms with Gasteiger partial charge in [0, 0.05) is 23.1 Å². The number of carbonyl (C=O) groups is 1. The van der Waals surface area contributed by atoms with Gasteiger partial charge < -0.3 is 14.8 Å². The Kier molecular flexibility index (Phi) is 8.65. The van der Waals surface area contributed by atoms with Crippen molar-refractivity contribution in [1.29, 1.82) is 0 Å². The van der Waals surface area contributed by atoms with Gasteiger partial charge in [-0.1, -0.05) is 30.7 Å². The maximum Gasteiger partial charge on any atom is 0.261 e. The van der Waals surface area contributed by atoms with Crippen LogP contribution in [0.3, 0.4) is 0 Å². The van der Waals surface area contributed by atoms with E-state index in [-0.39, 0.29) is 5.91 Å². The van der Waals surface area contributed by atoms with Gasteiger partial charge in [0.05, 0.1) is 7.11 Å². The lowest BCUT2D eigenvalue weighted by atomic mass is 10.2. The average molecular weight is 394 g/mol. The lowest BCUT2D eigenvalue weighted by Gasteiger charge is -2.17. The highest BCUT2D eigenvalue weighted by molar-refractivity contribution is 7.98. The molecule has 1 amide bonds. The SMILES string of the molecule is CC[C@H](Oc1ccc(OC)cc1)C(=O)NCCSCc1ccc(Cl)cc1. The Labute approximate surface area is 164 Å². The van der Waals surface area contributed by atoms with Gasteiger partial charge in [0.2, 0.25) is 0 Å². The number of methoxy groups -OCH3 is 1. The van der Waals surface area contributed by atoms with Crippen molar-refractivity contribution < 1.29 is 14.3 Å². The van der Waals surface area contributed by atoms with E-state index in [2.05, 4.69) is 5.32 Å². The third-order valence-corrected chi connectivity index (χ3v) is 5.01. The predicted octanol–water partition coefficient (Wildman–Crippen LogP) is 4.56. The number of amides is 1. The second-order valence-electron chi connectivity index (χ2n) is 5.66. The van der Waals surface area contributed by atoms with Crippen molar-refractivity contribution >= 4 is 29.3 Å². The van der Waals surface area contributed by atoms with E-state index in [0.29, 0.717) is 18.7 Å². The molecule has 4 nitrogen and oxygen atoms in total. The highest BCUT2D eigenvalue weighted by Crippen LogP contribution is 2.19. The van der Waals surface area contributed by atoms with Crippen LogP contribution in [0.4, 0.5) is 0 Å². The van der Waals surface area contributed by atoms with Crippen molar-refractivity contribution in [2.24, 2.45) is 0 Å². The molecule has 0 aromatic heterocycles. The fourth-order valence-electron chi connectivity index (χ4n) is 2.27. The van der Waals surface area contributed by atoms with Crippen molar-refractivity contribution in [3.63, 3.8) is 0 Å². The number of halogens is 1. The van der Waals surface area contributed by atoms with Crippen LogP contribution >= 0.6 is 23.4 Å². The summed E-state index contributed by atoms with van der Waals surface area (Å²) in [5.74, 6) is 3.06. The summed E-state index contributed by atoms with van der Waals surface area (Å²) in [6.07, 6.45) is 0.111. The van der Waals surface area contributed by atoms with Crippen molar-refractivity contribution in [2.45, 2.75) is 25.2 Å². The molecule has 2 aromatic rings. The lowest BCUT2D eigenvalue weighted by molar-refractivity contribution is -0.127. The Hall–Kier alpha value is -1.85. The molecule has 2 rings (SSSR count). The van der Waals surface area contributed by atoms with Gasteiger partial charge in [-0.2, -0.15) is 11.8 Å². The van der Waals surface area contributed by atoms with Crippen LogP contribution in [0.1, 0.15) is 18.9 Å². The summed E-state index contributed by atoms with van der Waals surface area (Å²) in [5, 5.41) is 3.69. The Morgan fingerprint density at radius 1 is 1.12 bits per heavy atom. The average Bonchev–Trinajstić information content (AvgIpc) is 2.67. The zero-order valence-electron chi connectivity index (χ0n) is 15.0. The third-order valence-electron chi connectivity index (χ3n) is 3.73. The molecule has 0 radical (unpaired) electrons. The molecule has 0 aliphatic carbocycles. The van der Waals surface area contributed by atoms with E-state index in [9.17, 15) is 4.79 Å². The van der Waals surface area contributed by atoms with Gasteiger partial charge in [-0.3, -0.25) is 4.79 Å². The van der Waals surface area contributed by atoms with Crippen LogP contribution in [0.15, 0.2) is 48.5 Å². The fraction of sp³-hybridized carbons (Fsp3) is 0.350. The zero-order chi connectivity index (χ0) is 18.8. The lowest BCUT2D eigenvalue weighted by Crippen LogP contribution is -2.39. The van der Waals surface area contributed by atoms with Crippen LogP contribution in [0.25, 0.3) is 0 Å². The normalized spacial score (nSPS) is 11.7. The molecule has 0 aliphatic heterocycles. The minimum atomic E-state index is -0.496. The largest absolute Gasteiger partial charge is 0.497 e. The summed E-state index contributed by atoms with van der Waals surface area (Å²) < 4.78 is 10.9. The van der Waals surface area contributed by atoms with Gasteiger partial charge in [0.1, 0.15) is 11.5 Å². The van der Waals surface area contributed by atoms with Crippen LogP contribution in [-0.4, -0.2) is 31.4 Å². The Morgan fingerprint density at radius 2 is 1.77 bits per heavy atom. The molecule has 6 heteroatoms. The van der Waals surface area contributed by atoms with Gasteiger partial charge in [0.25, 0.3) is 5.91 Å². The van der Waals surface area contributed by atoms with Crippen LogP contribution in [0.2, 0.25) is 5.02 Å². The maximum absolute atomic E-state index is 12.3. The summed E-state index contributed by atoms with van der Waals surface area (Å²) in [6, 6.07) is 15.0. The first-order valence-electron chi connectivity index (χ1n) is 8.53. The second kappa shape index (κ2) is 11.0. The highest BCUT2D eigenvalue weighted by Gasteiger charge is 2.17. The molecule has 140 valence electrons. The van der Waals surface area contributed by atoms with Crippen molar-refractivity contribution in [3.05, 3.63) is 59.1 Å². The number of nitrogens with one attached hydrogen (secondary N) is 1. The number of benzene rings is 2. The van der Waals surface area contributed by atoms with Crippen LogP contribution in [0.5, 0.6) is 11.5 Å². The minimum Gasteiger partial charge on any atom is -0.497 e. The molecule has 26 heavy (non-hydrogen) atoms. The number of thioether (sulfide) groups is 1. The van der Waals surface area contributed by atoms with E-state index in [0.717, 1.165) is 22.3 Å². The summed E-state index contributed by atoms with van der Waals surface area (Å²) >= 11 is 7.64. The van der Waals surface area contributed by atoms with Crippen LogP contribution in [0, 0.1) is 0 Å². The first kappa shape index (κ1) is 20.5. The molecular weight excluding hydrogens is 370 g/mol. The van der Waals surface area contributed by atoms with Gasteiger partial charge in [0.15, 0.2) is 6.10 Å². The minimum absolute atomic E-state index is 0.0876. The Balaban J connectivity index is 1.69. The first-order valence-corrected chi connectivity index (χ1v) is 10.1. The molecule has 1 atom stereocenters. The molecule has 0 bridgehead atoms. The van der Waals surface area contributed by atoms with Gasteiger partial charge in [-0.05, 0) is 48.4 Å². The third kappa shape index (κ3) is 6.81. The second-order valence-corrected chi connectivity index (χ2v) is 7.20. The van der Waals surface area contributed by atoms with E-state index in [1.807, 2.05) is 43.3 Å². The molecule has 0 saturated carbocycles. The number of hydrogen-bond acceptors (Lipinski definition) is 4. The molecule has 0 aliphatic rings. The fourth-order valence-corrected chi connectivity index (χ4v) is 3.22. The molecule has 2 aromatic carbocycles. The van der Waals surface area contributed by atoms with Gasteiger partial charge in [-0.25, -0.2) is 0 Å². The summed E-state index contributed by atoms with van der Waals surface area (Å²) in [4.78, 5) is 12.3. The Bertz CT molecular complexity index is 676. The number of hydrogen-bond donors (Lipinski definition) is 1. The number of ether oxygens (including phenoxy) is 2. The molecular formula is C20H24ClNO3S. The molecule has 0 saturated heterocycles. The van der Waals surface area contributed by atoms with E-state index in [4.69, 9.17) is 21.1 Å². The number of carbonyl (C=O) groups excluding carboxylic acids is 1. The number of rotatable bonds is 10. The van der Waals surface area contributed by atoms with Gasteiger partial charge >= 0.3 is 0 Å². The monoisotopic (exact) mass is 393 g/mol. The Morgan fingerprint density at radius 3 is 2.38 bits per heavy atom. The molecule has 0 fully saturated rings. The van der Waals surface area contributed by atoms with E-state index in [1.54, 1.807) is 31.0 Å². The molecule has 1 N–H and O–H groups in total. The molecule has 0 unspecified atom stereocenters. The summed E-state index contributed by atoms with van der Waals surface area (Å²) in [6.45, 7) is 2.54. The maximum atomic E-state index is 12.3. The zero-order valence-corrected chi connectivity index (χ0v) is 16.6. The summed E-state index contributed by atoms with van der Waals surface area (Å²) in [7, 11) is 1.61. The topological polar surface area (TPSA) is 47.6 Å². The van der Waals surface area contributed by atoms with E-state index >= 15 is 0 Å². The predicted molar refractivity (Wildman–Crippen MR) is 108 cm³/mol. The van der Waals surface area contributed by atoms with Gasteiger partial charge in [-0.15, -0.1) is 0 Å².